The van der Waals surface area contributed by atoms with Crippen LogP contribution in [-0.4, -0.2) is 45.0 Å². The van der Waals surface area contributed by atoms with E-state index < -0.39 is 52.8 Å². The molecule has 10 nitrogen and oxygen atoms in total. The van der Waals surface area contributed by atoms with Gasteiger partial charge in [0, 0.05) is 17.7 Å². The number of aromatic amines is 1. The Kier molecular flexibility index (Phi) is 8.26. The number of nitriles is 1. The van der Waals surface area contributed by atoms with Gasteiger partial charge in [-0.3, -0.25) is 14.4 Å². The number of amides is 2. The van der Waals surface area contributed by atoms with E-state index >= 15 is 0 Å². The van der Waals surface area contributed by atoms with Gasteiger partial charge in [0.25, 0.3) is 5.91 Å². The minimum Gasteiger partial charge on any atom is -0.451 e. The average Bonchev–Trinajstić information content (AvgIpc) is 3.29. The zero-order valence-corrected chi connectivity index (χ0v) is 23.6. The number of H-pyrrole nitrogens is 1. The first-order valence-electron chi connectivity index (χ1n) is 13.2. The Balaban J connectivity index is 1.56. The molecule has 2 heterocycles. The molecule has 0 aliphatic carbocycles. The SMILES string of the molecule is Cc1cc(Oc2ccc(C(=O)N[C@H](C)C(=O)N3C(C(C)(C)C#N)C[C@H](N)[C@H]3c3cccc(F)c3)cc2C)c(=O)[nH]n1. The second-order valence-corrected chi connectivity index (χ2v) is 11.0. The summed E-state index contributed by atoms with van der Waals surface area (Å²) in [5, 5.41) is 18.8. The summed E-state index contributed by atoms with van der Waals surface area (Å²) in [5.74, 6) is -0.938. The van der Waals surface area contributed by atoms with Crippen molar-refractivity contribution >= 4 is 11.8 Å². The first-order valence-corrected chi connectivity index (χ1v) is 13.2. The van der Waals surface area contributed by atoms with Crippen LogP contribution in [0.2, 0.25) is 0 Å². The second kappa shape index (κ2) is 11.5. The van der Waals surface area contributed by atoms with Crippen molar-refractivity contribution in [3.63, 3.8) is 0 Å². The molecular formula is C30H33FN6O4. The highest BCUT2D eigenvalue weighted by atomic mass is 19.1. The molecule has 1 aliphatic heterocycles. The zero-order chi connectivity index (χ0) is 30.1. The average molecular weight is 561 g/mol. The number of aromatic nitrogens is 2. The summed E-state index contributed by atoms with van der Waals surface area (Å²) in [6.45, 7) is 8.47. The summed E-state index contributed by atoms with van der Waals surface area (Å²) in [6.07, 6.45) is 0.342. The predicted molar refractivity (Wildman–Crippen MR) is 150 cm³/mol. The first-order chi connectivity index (χ1) is 19.3. The molecule has 41 heavy (non-hydrogen) atoms. The number of rotatable bonds is 7. The molecule has 0 spiro atoms. The number of likely N-dealkylation sites (tertiary alicyclic amines) is 1. The lowest BCUT2D eigenvalue weighted by Gasteiger charge is -2.38. The lowest BCUT2D eigenvalue weighted by molar-refractivity contribution is -0.137. The number of carbonyl (C=O) groups is 2. The van der Waals surface area contributed by atoms with E-state index in [4.69, 9.17) is 10.5 Å². The number of ether oxygens (including phenoxy) is 1. The van der Waals surface area contributed by atoms with Gasteiger partial charge in [0.1, 0.15) is 17.6 Å². The van der Waals surface area contributed by atoms with E-state index in [1.54, 1.807) is 58.9 Å². The van der Waals surface area contributed by atoms with Gasteiger partial charge < -0.3 is 20.7 Å². The Bertz CT molecular complexity index is 1580. The van der Waals surface area contributed by atoms with Crippen LogP contribution in [-0.2, 0) is 4.79 Å². The van der Waals surface area contributed by atoms with Crippen molar-refractivity contribution in [2.24, 2.45) is 11.1 Å². The van der Waals surface area contributed by atoms with Gasteiger partial charge in [-0.15, -0.1) is 0 Å². The molecule has 214 valence electrons. The molecule has 4 rings (SSSR count). The monoisotopic (exact) mass is 560 g/mol. The Morgan fingerprint density at radius 2 is 1.95 bits per heavy atom. The van der Waals surface area contributed by atoms with Crippen molar-refractivity contribution in [3.05, 3.63) is 87.1 Å². The van der Waals surface area contributed by atoms with E-state index in [2.05, 4.69) is 21.6 Å². The molecule has 1 aromatic heterocycles. The van der Waals surface area contributed by atoms with Crippen LogP contribution in [0.3, 0.4) is 0 Å². The van der Waals surface area contributed by atoms with Gasteiger partial charge in [-0.1, -0.05) is 12.1 Å². The summed E-state index contributed by atoms with van der Waals surface area (Å²) >= 11 is 0. The van der Waals surface area contributed by atoms with Gasteiger partial charge in [0.05, 0.1) is 29.3 Å². The second-order valence-electron chi connectivity index (χ2n) is 11.0. The van der Waals surface area contributed by atoms with Crippen LogP contribution in [0.1, 0.15) is 60.4 Å². The van der Waals surface area contributed by atoms with Gasteiger partial charge in [-0.25, -0.2) is 9.49 Å². The van der Waals surface area contributed by atoms with E-state index in [9.17, 15) is 24.0 Å². The third-order valence-corrected chi connectivity index (χ3v) is 7.37. The van der Waals surface area contributed by atoms with Crippen LogP contribution >= 0.6 is 0 Å². The minimum absolute atomic E-state index is 0.0727. The molecule has 11 heteroatoms. The number of benzene rings is 2. The number of nitrogens with zero attached hydrogens (tertiary/aromatic N) is 3. The van der Waals surface area contributed by atoms with Crippen LogP contribution in [0, 0.1) is 36.4 Å². The highest BCUT2D eigenvalue weighted by Gasteiger charge is 2.50. The smallest absolute Gasteiger partial charge is 0.307 e. The van der Waals surface area contributed by atoms with E-state index in [0.717, 1.165) is 0 Å². The summed E-state index contributed by atoms with van der Waals surface area (Å²) in [4.78, 5) is 40.6. The Morgan fingerprint density at radius 3 is 2.61 bits per heavy atom. The fraction of sp³-hybridized carbons (Fsp3) is 0.367. The fourth-order valence-electron chi connectivity index (χ4n) is 5.15. The number of carbonyl (C=O) groups excluding carboxylic acids is 2. The van der Waals surface area contributed by atoms with Crippen molar-refractivity contribution in [2.45, 2.75) is 65.2 Å². The topological polar surface area (TPSA) is 154 Å². The Hall–Kier alpha value is -4.56. The number of nitrogens with two attached hydrogens (primary N) is 1. The number of hydrogen-bond acceptors (Lipinski definition) is 7. The van der Waals surface area contributed by atoms with Gasteiger partial charge in [-0.2, -0.15) is 10.4 Å². The van der Waals surface area contributed by atoms with Gasteiger partial charge >= 0.3 is 5.56 Å². The van der Waals surface area contributed by atoms with Crippen molar-refractivity contribution < 1.29 is 18.7 Å². The number of hydrogen-bond donors (Lipinski definition) is 3. The van der Waals surface area contributed by atoms with Crippen LogP contribution in [0.5, 0.6) is 11.5 Å². The van der Waals surface area contributed by atoms with Crippen LogP contribution < -0.4 is 21.3 Å². The lowest BCUT2D eigenvalue weighted by atomic mass is 9.84. The number of aryl methyl sites for hydroxylation is 2. The van der Waals surface area contributed by atoms with E-state index in [1.807, 2.05) is 0 Å². The molecule has 0 bridgehead atoms. The van der Waals surface area contributed by atoms with Gasteiger partial charge in [-0.05, 0) is 82.5 Å². The number of halogens is 1. The molecule has 1 aliphatic rings. The summed E-state index contributed by atoms with van der Waals surface area (Å²) in [6, 6.07) is 11.6. The molecule has 0 saturated carbocycles. The standard InChI is InChI=1S/C30H33FN6O4/c1-16-11-20(9-10-23(16)41-24-12-17(2)35-36-28(24)39)27(38)34-18(3)29(40)37-25(30(4,5)15-32)14-22(33)26(37)19-7-6-8-21(31)13-19/h6-13,18,22,25-26H,14,33H2,1-5H3,(H,34,38)(H,36,39)/t18-,22+,25?,26-/m1/s1. The van der Waals surface area contributed by atoms with Crippen LogP contribution in [0.25, 0.3) is 0 Å². The fourth-order valence-corrected chi connectivity index (χ4v) is 5.15. The molecule has 2 aromatic carbocycles. The molecule has 4 N–H and O–H groups in total. The third-order valence-electron chi connectivity index (χ3n) is 7.37. The molecule has 4 atom stereocenters. The van der Waals surface area contributed by atoms with Crippen LogP contribution in [0.4, 0.5) is 4.39 Å². The molecular weight excluding hydrogens is 527 g/mol. The first kappa shape index (κ1) is 29.4. The van der Waals surface area contributed by atoms with Gasteiger partial charge in [0.2, 0.25) is 5.91 Å². The maximum Gasteiger partial charge on any atom is 0.307 e. The van der Waals surface area contributed by atoms with Crippen molar-refractivity contribution in [1.29, 1.82) is 5.26 Å². The maximum atomic E-state index is 14.1. The maximum absolute atomic E-state index is 14.1. The molecule has 0 radical (unpaired) electrons. The molecule has 2 amide bonds. The van der Waals surface area contributed by atoms with E-state index in [1.165, 1.54) is 29.2 Å². The predicted octanol–water partition coefficient (Wildman–Crippen LogP) is 3.66. The normalized spacial score (nSPS) is 19.4. The summed E-state index contributed by atoms with van der Waals surface area (Å²) in [7, 11) is 0. The molecule has 1 unspecified atom stereocenters. The quantitative estimate of drug-likeness (QED) is 0.398. The third kappa shape index (κ3) is 6.12. The number of nitrogens with one attached hydrogen (secondary N) is 2. The van der Waals surface area contributed by atoms with E-state index in [-0.39, 0.29) is 11.3 Å². The molecule has 1 saturated heterocycles. The Morgan fingerprint density at radius 1 is 1.22 bits per heavy atom. The van der Waals surface area contributed by atoms with Crippen molar-refractivity contribution in [1.82, 2.24) is 20.4 Å². The zero-order valence-electron chi connectivity index (χ0n) is 23.6. The highest BCUT2D eigenvalue weighted by molar-refractivity contribution is 5.98. The van der Waals surface area contributed by atoms with Crippen LogP contribution in [0.15, 0.2) is 53.3 Å². The molecule has 3 aromatic rings. The molecule has 1 fully saturated rings. The van der Waals surface area contributed by atoms with Crippen molar-refractivity contribution in [2.75, 3.05) is 0 Å². The lowest BCUT2D eigenvalue weighted by Crippen LogP contribution is -2.52. The van der Waals surface area contributed by atoms with Gasteiger partial charge in [0.15, 0.2) is 5.75 Å². The summed E-state index contributed by atoms with van der Waals surface area (Å²) in [5.41, 5.74) is 7.02. The van der Waals surface area contributed by atoms with E-state index in [0.29, 0.717) is 29.0 Å². The largest absolute Gasteiger partial charge is 0.451 e. The summed E-state index contributed by atoms with van der Waals surface area (Å²) < 4.78 is 19.9. The minimum atomic E-state index is -0.976. The highest BCUT2D eigenvalue weighted by Crippen LogP contribution is 2.43. The van der Waals surface area contributed by atoms with Crippen molar-refractivity contribution in [3.8, 4) is 17.6 Å². The Labute approximate surface area is 237 Å².